The van der Waals surface area contributed by atoms with E-state index in [1.54, 1.807) is 6.92 Å². The Morgan fingerprint density at radius 1 is 1.05 bits per heavy atom. The molecule has 0 heterocycles. The summed E-state index contributed by atoms with van der Waals surface area (Å²) in [5.41, 5.74) is 2.24. The van der Waals surface area contributed by atoms with E-state index < -0.39 is 11.7 Å². The Kier molecular flexibility index (Phi) is 7.48. The third-order valence-corrected chi connectivity index (χ3v) is 4.60. The summed E-state index contributed by atoms with van der Waals surface area (Å²) in [5, 5.41) is 9.56. The van der Waals surface area contributed by atoms with Crippen LogP contribution < -0.4 is 0 Å². The minimum Gasteiger partial charge on any atom is -0.390 e. The predicted octanol–water partition coefficient (Wildman–Crippen LogP) is 4.27. The molecule has 22 heavy (non-hydrogen) atoms. The second-order valence-corrected chi connectivity index (χ2v) is 8.34. The van der Waals surface area contributed by atoms with Gasteiger partial charge in [0, 0.05) is 0 Å². The van der Waals surface area contributed by atoms with Crippen molar-refractivity contribution in [2.24, 2.45) is 0 Å². The molecule has 0 saturated carbocycles. The van der Waals surface area contributed by atoms with Crippen LogP contribution in [-0.2, 0) is 21.5 Å². The lowest BCUT2D eigenvalue weighted by molar-refractivity contribution is -0.0761. The van der Waals surface area contributed by atoms with Gasteiger partial charge in [-0.2, -0.15) is 0 Å². The van der Waals surface area contributed by atoms with Gasteiger partial charge < -0.3 is 14.6 Å². The van der Waals surface area contributed by atoms with Crippen LogP contribution in [0.4, 0.5) is 0 Å². The molecule has 1 aromatic carbocycles. The molecule has 3 nitrogen and oxygen atoms in total. The first-order chi connectivity index (χ1) is 10.1. The molecule has 0 aromatic heterocycles. The maximum Gasteiger partial charge on any atom is 0.0886 e. The molecule has 4 heteroatoms. The highest BCUT2D eigenvalue weighted by Gasteiger charge is 2.24. The van der Waals surface area contributed by atoms with E-state index in [1.807, 2.05) is 13.8 Å². The molecular formula is C18H31O3P. The highest BCUT2D eigenvalue weighted by molar-refractivity contribution is 7.37. The minimum absolute atomic E-state index is 0.189. The monoisotopic (exact) mass is 326 g/mol. The third-order valence-electron chi connectivity index (χ3n) is 3.85. The fourth-order valence-electron chi connectivity index (χ4n) is 1.74. The highest BCUT2D eigenvalue weighted by Crippen LogP contribution is 2.23. The number of ether oxygens (including phenoxy) is 2. The molecule has 0 spiro atoms. The fourth-order valence-corrected chi connectivity index (χ4v) is 2.55. The zero-order valence-electron chi connectivity index (χ0n) is 14.8. The molecule has 0 bridgehead atoms. The van der Waals surface area contributed by atoms with Crippen LogP contribution in [0.2, 0.25) is 0 Å². The van der Waals surface area contributed by atoms with E-state index in [9.17, 15) is 5.11 Å². The van der Waals surface area contributed by atoms with Gasteiger partial charge >= 0.3 is 0 Å². The summed E-state index contributed by atoms with van der Waals surface area (Å²) in [6, 6.07) is 8.62. The summed E-state index contributed by atoms with van der Waals surface area (Å²) in [6.07, 6.45) is 0.845. The van der Waals surface area contributed by atoms with Gasteiger partial charge in [0.1, 0.15) is 0 Å². The van der Waals surface area contributed by atoms with Crippen LogP contribution in [0.1, 0.15) is 52.7 Å². The second-order valence-electron chi connectivity index (χ2n) is 7.26. The Balaban J connectivity index is 2.23. The predicted molar refractivity (Wildman–Crippen MR) is 94.8 cm³/mol. The summed E-state index contributed by atoms with van der Waals surface area (Å²) in [6.45, 7) is 12.8. The van der Waals surface area contributed by atoms with Gasteiger partial charge in [-0.3, -0.25) is 0 Å². The van der Waals surface area contributed by atoms with Crippen molar-refractivity contribution in [2.75, 3.05) is 12.7 Å². The molecule has 126 valence electrons. The maximum absolute atomic E-state index is 9.56. The molecule has 0 amide bonds. The molecule has 0 fully saturated rings. The van der Waals surface area contributed by atoms with Gasteiger partial charge in [-0.25, -0.2) is 0 Å². The lowest BCUT2D eigenvalue weighted by Crippen LogP contribution is -2.36. The van der Waals surface area contributed by atoms with E-state index in [4.69, 9.17) is 9.47 Å². The topological polar surface area (TPSA) is 38.7 Å². The van der Waals surface area contributed by atoms with Crippen molar-refractivity contribution in [3.8, 4) is 0 Å². The fraction of sp³-hybridized carbons (Fsp3) is 0.667. The first kappa shape index (κ1) is 19.6. The van der Waals surface area contributed by atoms with Crippen LogP contribution in [0.3, 0.4) is 0 Å². The molecule has 1 N–H and O–H groups in total. The molecule has 2 unspecified atom stereocenters. The first-order valence-corrected chi connectivity index (χ1v) is 9.24. The molecule has 0 aliphatic heterocycles. The van der Waals surface area contributed by atoms with E-state index in [-0.39, 0.29) is 5.41 Å². The zero-order valence-corrected chi connectivity index (χ0v) is 15.8. The lowest BCUT2D eigenvalue weighted by Gasteiger charge is -2.28. The number of aliphatic hydroxyl groups is 1. The molecule has 0 saturated heterocycles. The van der Waals surface area contributed by atoms with Gasteiger partial charge in [-0.15, -0.1) is 0 Å². The van der Waals surface area contributed by atoms with Gasteiger partial charge in [-0.1, -0.05) is 53.6 Å². The average Bonchev–Trinajstić information content (AvgIpc) is 2.42. The summed E-state index contributed by atoms with van der Waals surface area (Å²) >= 11 is 0. The van der Waals surface area contributed by atoms with Crippen molar-refractivity contribution < 1.29 is 14.6 Å². The lowest BCUT2D eigenvalue weighted by atomic mass is 9.87. The van der Waals surface area contributed by atoms with E-state index in [0.717, 1.165) is 0 Å². The van der Waals surface area contributed by atoms with Gasteiger partial charge in [-0.05, 0) is 37.3 Å². The van der Waals surface area contributed by atoms with Crippen LogP contribution in [0, 0.1) is 0 Å². The van der Waals surface area contributed by atoms with Gasteiger partial charge in [0.05, 0.1) is 31.0 Å². The van der Waals surface area contributed by atoms with E-state index in [0.29, 0.717) is 27.9 Å². The van der Waals surface area contributed by atoms with Gasteiger partial charge in [0.15, 0.2) is 0 Å². The number of hydrogen-bond donors (Lipinski definition) is 1. The van der Waals surface area contributed by atoms with Crippen LogP contribution >= 0.6 is 8.58 Å². The molecular weight excluding hydrogens is 295 g/mol. The smallest absolute Gasteiger partial charge is 0.0886 e. The normalized spacial score (nSPS) is 14.7. The Bertz CT molecular complexity index is 433. The summed E-state index contributed by atoms with van der Waals surface area (Å²) in [4.78, 5) is 0. The highest BCUT2D eigenvalue weighted by atomic mass is 31.1. The van der Waals surface area contributed by atoms with Crippen molar-refractivity contribution >= 4 is 8.58 Å². The van der Waals surface area contributed by atoms with E-state index >= 15 is 0 Å². The van der Waals surface area contributed by atoms with Gasteiger partial charge in [0.2, 0.25) is 0 Å². The number of rotatable bonds is 8. The van der Waals surface area contributed by atoms with Crippen molar-refractivity contribution in [3.63, 3.8) is 0 Å². The van der Waals surface area contributed by atoms with Crippen molar-refractivity contribution in [1.29, 1.82) is 0 Å². The van der Waals surface area contributed by atoms with Crippen molar-refractivity contribution in [2.45, 2.75) is 65.3 Å². The zero-order chi connectivity index (χ0) is 16.8. The third kappa shape index (κ3) is 6.75. The van der Waals surface area contributed by atoms with E-state index in [2.05, 4.69) is 45.0 Å². The van der Waals surface area contributed by atoms with E-state index in [1.165, 1.54) is 11.1 Å². The van der Waals surface area contributed by atoms with Crippen molar-refractivity contribution in [3.05, 3.63) is 35.4 Å². The SMILES string of the molecule is CC(O)C(C)(C)OCPCOCc1ccc(C(C)(C)C)cc1. The molecule has 1 aromatic rings. The Labute approximate surface area is 137 Å². The molecule has 2 atom stereocenters. The first-order valence-electron chi connectivity index (χ1n) is 7.83. The molecule has 0 aliphatic carbocycles. The van der Waals surface area contributed by atoms with Crippen LogP contribution in [0.15, 0.2) is 24.3 Å². The molecule has 0 aliphatic rings. The number of benzene rings is 1. The summed E-state index contributed by atoms with van der Waals surface area (Å²) in [7, 11) is 0.583. The second kappa shape index (κ2) is 8.40. The van der Waals surface area contributed by atoms with Crippen LogP contribution in [-0.4, -0.2) is 29.5 Å². The molecule has 1 rings (SSSR count). The molecule has 0 radical (unpaired) electrons. The van der Waals surface area contributed by atoms with Crippen LogP contribution in [0.25, 0.3) is 0 Å². The largest absolute Gasteiger partial charge is 0.390 e. The Hall–Kier alpha value is -0.470. The quantitative estimate of drug-likeness (QED) is 0.573. The Morgan fingerprint density at radius 3 is 2.14 bits per heavy atom. The maximum atomic E-state index is 9.56. The standard InChI is InChI=1S/C18H31O3P/c1-14(19)18(5,6)21-13-22-12-20-11-15-7-9-16(10-8-15)17(2,3)4/h7-10,14,19,22H,11-13H2,1-6H3. The Morgan fingerprint density at radius 2 is 1.64 bits per heavy atom. The summed E-state index contributed by atoms with van der Waals surface area (Å²) < 4.78 is 11.4. The average molecular weight is 326 g/mol. The van der Waals surface area contributed by atoms with Crippen molar-refractivity contribution in [1.82, 2.24) is 0 Å². The number of aliphatic hydroxyl groups excluding tert-OH is 1. The van der Waals surface area contributed by atoms with Gasteiger partial charge in [0.25, 0.3) is 0 Å². The van der Waals surface area contributed by atoms with Crippen LogP contribution in [0.5, 0.6) is 0 Å². The minimum atomic E-state index is -0.490. The summed E-state index contributed by atoms with van der Waals surface area (Å²) in [5.74, 6) is 0. The number of hydrogen-bond acceptors (Lipinski definition) is 3.